The van der Waals surface area contributed by atoms with Crippen LogP contribution in [0.2, 0.25) is 0 Å². The summed E-state index contributed by atoms with van der Waals surface area (Å²) in [4.78, 5) is 2.66. The fraction of sp³-hybridized carbons (Fsp3) is 0.684. The molecule has 1 N–H and O–H groups in total. The molecule has 0 amide bonds. The Morgan fingerprint density at radius 3 is 2.52 bits per heavy atom. The summed E-state index contributed by atoms with van der Waals surface area (Å²) in [6, 6.07) is 9.57. The molecule has 0 bridgehead atoms. The molecule has 0 saturated heterocycles. The van der Waals surface area contributed by atoms with Gasteiger partial charge in [0.05, 0.1) is 0 Å². The molecule has 2 nitrogen and oxygen atoms in total. The molecule has 0 radical (unpaired) electrons. The molecule has 1 aromatic rings. The molecular weight excluding hydrogens is 256 g/mol. The number of benzene rings is 1. The molecule has 2 heteroatoms. The predicted molar refractivity (Wildman–Crippen MR) is 91.6 cm³/mol. The van der Waals surface area contributed by atoms with Crippen LogP contribution in [0.5, 0.6) is 0 Å². The monoisotopic (exact) mass is 288 g/mol. The van der Waals surface area contributed by atoms with Gasteiger partial charge in [0.15, 0.2) is 0 Å². The minimum atomic E-state index is 0.573. The maximum Gasteiger partial charge on any atom is 0.0236 e. The van der Waals surface area contributed by atoms with Crippen molar-refractivity contribution in [1.82, 2.24) is 10.2 Å². The lowest BCUT2D eigenvalue weighted by atomic mass is 10.0. The van der Waals surface area contributed by atoms with E-state index >= 15 is 0 Å². The van der Waals surface area contributed by atoms with Gasteiger partial charge in [-0.05, 0) is 55.8 Å². The third kappa shape index (κ3) is 6.19. The van der Waals surface area contributed by atoms with Crippen LogP contribution in [0.15, 0.2) is 24.3 Å². The molecule has 1 aliphatic carbocycles. The second-order valence-corrected chi connectivity index (χ2v) is 6.81. The molecule has 1 aromatic carbocycles. The first-order chi connectivity index (χ1) is 10.2. The number of nitrogens with one attached hydrogen (secondary N) is 1. The quantitative estimate of drug-likeness (QED) is 0.703. The van der Waals surface area contributed by atoms with E-state index < -0.39 is 0 Å². The Bertz CT molecular complexity index is 410. The molecule has 0 aliphatic heterocycles. The summed E-state index contributed by atoms with van der Waals surface area (Å²) in [7, 11) is 0. The van der Waals surface area contributed by atoms with Crippen LogP contribution >= 0.6 is 0 Å². The highest BCUT2D eigenvalue weighted by Gasteiger charge is 2.24. The smallest absolute Gasteiger partial charge is 0.0236 e. The molecule has 118 valence electrons. The molecule has 1 fully saturated rings. The molecule has 0 atom stereocenters. The van der Waals surface area contributed by atoms with E-state index in [0.29, 0.717) is 6.04 Å². The Balaban J connectivity index is 1.93. The largest absolute Gasteiger partial charge is 0.314 e. The SMILES string of the molecule is CCCN(Cc1ccccc1CCNC(C)C)CC1CC1. The summed E-state index contributed by atoms with van der Waals surface area (Å²) in [6.45, 7) is 11.4. The molecule has 2 rings (SSSR count). The van der Waals surface area contributed by atoms with E-state index in [2.05, 4.69) is 55.3 Å². The first kappa shape index (κ1) is 16.5. The lowest BCUT2D eigenvalue weighted by Crippen LogP contribution is -2.28. The van der Waals surface area contributed by atoms with Crippen molar-refractivity contribution in [2.24, 2.45) is 5.92 Å². The average Bonchev–Trinajstić information content (AvgIpc) is 3.24. The maximum absolute atomic E-state index is 3.53. The van der Waals surface area contributed by atoms with Crippen LogP contribution < -0.4 is 5.32 Å². The van der Waals surface area contributed by atoms with Gasteiger partial charge in [-0.3, -0.25) is 4.90 Å². The molecule has 21 heavy (non-hydrogen) atoms. The van der Waals surface area contributed by atoms with Crippen LogP contribution in [0.25, 0.3) is 0 Å². The van der Waals surface area contributed by atoms with E-state index in [1.54, 1.807) is 0 Å². The van der Waals surface area contributed by atoms with Crippen LogP contribution in [0.3, 0.4) is 0 Å². The van der Waals surface area contributed by atoms with Crippen LogP contribution in [-0.4, -0.2) is 30.6 Å². The van der Waals surface area contributed by atoms with Crippen molar-refractivity contribution in [2.75, 3.05) is 19.6 Å². The summed E-state index contributed by atoms with van der Waals surface area (Å²) < 4.78 is 0. The number of hydrogen-bond acceptors (Lipinski definition) is 2. The van der Waals surface area contributed by atoms with Gasteiger partial charge < -0.3 is 5.32 Å². The second kappa shape index (κ2) is 8.55. The summed E-state index contributed by atoms with van der Waals surface area (Å²) in [5.74, 6) is 0.978. The average molecular weight is 288 g/mol. The topological polar surface area (TPSA) is 15.3 Å². The fourth-order valence-corrected chi connectivity index (χ4v) is 2.91. The maximum atomic E-state index is 3.53. The van der Waals surface area contributed by atoms with Gasteiger partial charge in [-0.2, -0.15) is 0 Å². The fourth-order valence-electron chi connectivity index (χ4n) is 2.91. The Labute approximate surface area is 130 Å². The van der Waals surface area contributed by atoms with Gasteiger partial charge in [-0.1, -0.05) is 45.0 Å². The minimum Gasteiger partial charge on any atom is -0.314 e. The lowest BCUT2D eigenvalue weighted by Gasteiger charge is -2.23. The first-order valence-electron chi connectivity index (χ1n) is 8.71. The van der Waals surface area contributed by atoms with Gasteiger partial charge in [0.1, 0.15) is 0 Å². The third-order valence-corrected chi connectivity index (χ3v) is 4.21. The molecule has 0 heterocycles. The molecule has 1 saturated carbocycles. The van der Waals surface area contributed by atoms with Crippen molar-refractivity contribution in [3.05, 3.63) is 35.4 Å². The van der Waals surface area contributed by atoms with Gasteiger partial charge in [0.25, 0.3) is 0 Å². The van der Waals surface area contributed by atoms with Crippen molar-refractivity contribution >= 4 is 0 Å². The van der Waals surface area contributed by atoms with Gasteiger partial charge in [0.2, 0.25) is 0 Å². The zero-order valence-electron chi connectivity index (χ0n) is 14.1. The van der Waals surface area contributed by atoms with Crippen molar-refractivity contribution in [3.63, 3.8) is 0 Å². The highest BCUT2D eigenvalue weighted by atomic mass is 15.1. The molecule has 0 aromatic heterocycles. The summed E-state index contributed by atoms with van der Waals surface area (Å²) in [5.41, 5.74) is 3.04. The van der Waals surface area contributed by atoms with Crippen molar-refractivity contribution in [3.8, 4) is 0 Å². The number of rotatable bonds is 10. The van der Waals surface area contributed by atoms with E-state index in [0.717, 1.165) is 25.4 Å². The van der Waals surface area contributed by atoms with Crippen LogP contribution in [0.4, 0.5) is 0 Å². The van der Waals surface area contributed by atoms with Gasteiger partial charge >= 0.3 is 0 Å². The molecule has 1 aliphatic rings. The third-order valence-electron chi connectivity index (χ3n) is 4.21. The Morgan fingerprint density at radius 2 is 1.90 bits per heavy atom. The van der Waals surface area contributed by atoms with Crippen molar-refractivity contribution < 1.29 is 0 Å². The predicted octanol–water partition coefficient (Wildman–Crippen LogP) is 3.85. The first-order valence-corrected chi connectivity index (χ1v) is 8.71. The van der Waals surface area contributed by atoms with E-state index in [1.165, 1.54) is 43.5 Å². The van der Waals surface area contributed by atoms with Gasteiger partial charge in [0, 0.05) is 19.1 Å². The van der Waals surface area contributed by atoms with Crippen molar-refractivity contribution in [1.29, 1.82) is 0 Å². The van der Waals surface area contributed by atoms with Crippen LogP contribution in [0, 0.1) is 5.92 Å². The van der Waals surface area contributed by atoms with E-state index in [9.17, 15) is 0 Å². The highest BCUT2D eigenvalue weighted by molar-refractivity contribution is 5.27. The second-order valence-electron chi connectivity index (χ2n) is 6.81. The highest BCUT2D eigenvalue weighted by Crippen LogP contribution is 2.30. The van der Waals surface area contributed by atoms with Gasteiger partial charge in [-0.15, -0.1) is 0 Å². The summed E-state index contributed by atoms with van der Waals surface area (Å²) >= 11 is 0. The molecule has 0 unspecified atom stereocenters. The number of nitrogens with zero attached hydrogens (tertiary/aromatic N) is 1. The number of hydrogen-bond donors (Lipinski definition) is 1. The zero-order valence-corrected chi connectivity index (χ0v) is 14.1. The van der Waals surface area contributed by atoms with E-state index in [1.807, 2.05) is 0 Å². The standard InChI is InChI=1S/C19H32N2/c1-4-13-21(14-17-9-10-17)15-19-8-6-5-7-18(19)11-12-20-16(2)3/h5-8,16-17,20H,4,9-15H2,1-3H3. The Morgan fingerprint density at radius 1 is 1.19 bits per heavy atom. The minimum absolute atomic E-state index is 0.573. The molecule has 0 spiro atoms. The summed E-state index contributed by atoms with van der Waals surface area (Å²) in [6.07, 6.45) is 5.28. The Hall–Kier alpha value is -0.860. The zero-order chi connectivity index (χ0) is 15.1. The van der Waals surface area contributed by atoms with Gasteiger partial charge in [-0.25, -0.2) is 0 Å². The Kier molecular flexibility index (Phi) is 6.72. The van der Waals surface area contributed by atoms with E-state index in [-0.39, 0.29) is 0 Å². The van der Waals surface area contributed by atoms with Crippen LogP contribution in [0.1, 0.15) is 51.2 Å². The summed E-state index contributed by atoms with van der Waals surface area (Å²) in [5, 5.41) is 3.53. The lowest BCUT2D eigenvalue weighted by molar-refractivity contribution is 0.254. The van der Waals surface area contributed by atoms with Crippen LogP contribution in [-0.2, 0) is 13.0 Å². The van der Waals surface area contributed by atoms with E-state index in [4.69, 9.17) is 0 Å². The van der Waals surface area contributed by atoms with Crippen molar-refractivity contribution in [2.45, 2.75) is 59.0 Å². The normalized spacial score (nSPS) is 15.1. The molecular formula is C19H32N2.